The summed E-state index contributed by atoms with van der Waals surface area (Å²) in [6.45, 7) is 1.95. The van der Waals surface area contributed by atoms with Gasteiger partial charge in [0, 0.05) is 6.54 Å². The lowest BCUT2D eigenvalue weighted by atomic mass is 10.2. The highest BCUT2D eigenvalue weighted by molar-refractivity contribution is 7.88. The molecular weight excluding hydrogens is 224 g/mol. The molecule has 5 heteroatoms. The van der Waals surface area contributed by atoms with Gasteiger partial charge in [-0.2, -0.15) is 9.57 Å². The Bertz CT molecular complexity index is 463. The number of nitriles is 1. The summed E-state index contributed by atoms with van der Waals surface area (Å²) in [4.78, 5) is 0. The van der Waals surface area contributed by atoms with E-state index in [0.29, 0.717) is 6.54 Å². The molecule has 0 aliphatic carbocycles. The van der Waals surface area contributed by atoms with Gasteiger partial charge in [0.2, 0.25) is 10.0 Å². The van der Waals surface area contributed by atoms with Gasteiger partial charge in [-0.25, -0.2) is 8.42 Å². The van der Waals surface area contributed by atoms with Crippen LogP contribution in [0.2, 0.25) is 0 Å². The van der Waals surface area contributed by atoms with E-state index < -0.39 is 10.0 Å². The fraction of sp³-hybridized carbons (Fsp3) is 0.364. The molecule has 0 aromatic heterocycles. The molecule has 0 N–H and O–H groups in total. The van der Waals surface area contributed by atoms with Crippen LogP contribution in [-0.2, 0) is 15.8 Å². The number of nitrogens with zero attached hydrogens (tertiary/aromatic N) is 2. The third-order valence-corrected chi connectivity index (χ3v) is 4.06. The van der Waals surface area contributed by atoms with Gasteiger partial charge >= 0.3 is 0 Å². The molecule has 1 aromatic rings. The normalized spacial score (nSPS) is 11.3. The number of rotatable bonds is 5. The molecule has 16 heavy (non-hydrogen) atoms. The van der Waals surface area contributed by atoms with E-state index in [1.807, 2.05) is 12.1 Å². The van der Waals surface area contributed by atoms with Crippen LogP contribution in [0.15, 0.2) is 30.3 Å². The van der Waals surface area contributed by atoms with Crippen LogP contribution in [0.5, 0.6) is 0 Å². The molecule has 86 valence electrons. The van der Waals surface area contributed by atoms with E-state index in [1.165, 1.54) is 4.31 Å². The average molecular weight is 238 g/mol. The standard InChI is InChI=1S/C11H14N2O2S/c1-2-13(9-8-12)16(14,15)10-11-6-4-3-5-7-11/h3-7H,2,9-10H2,1H3. The van der Waals surface area contributed by atoms with Crippen LogP contribution >= 0.6 is 0 Å². The third-order valence-electron chi connectivity index (χ3n) is 2.19. The number of benzene rings is 1. The van der Waals surface area contributed by atoms with Crippen molar-refractivity contribution in [1.29, 1.82) is 5.26 Å². The van der Waals surface area contributed by atoms with E-state index in [4.69, 9.17) is 5.26 Å². The van der Waals surface area contributed by atoms with Gasteiger partial charge in [-0.05, 0) is 5.56 Å². The van der Waals surface area contributed by atoms with Crippen molar-refractivity contribution < 1.29 is 8.42 Å². The van der Waals surface area contributed by atoms with Gasteiger partial charge in [0.1, 0.15) is 6.54 Å². The average Bonchev–Trinajstić information content (AvgIpc) is 2.26. The van der Waals surface area contributed by atoms with Gasteiger partial charge in [0.05, 0.1) is 11.8 Å². The second-order valence-electron chi connectivity index (χ2n) is 3.33. The Morgan fingerprint density at radius 1 is 1.31 bits per heavy atom. The molecule has 1 rings (SSSR count). The maximum absolute atomic E-state index is 11.9. The van der Waals surface area contributed by atoms with Crippen LogP contribution in [0, 0.1) is 11.3 Å². The van der Waals surface area contributed by atoms with Crippen molar-refractivity contribution in [2.24, 2.45) is 0 Å². The van der Waals surface area contributed by atoms with E-state index in [2.05, 4.69) is 0 Å². The zero-order valence-corrected chi connectivity index (χ0v) is 9.94. The maximum Gasteiger partial charge on any atom is 0.219 e. The summed E-state index contributed by atoms with van der Waals surface area (Å²) in [5.74, 6) is -0.0522. The molecular formula is C11H14N2O2S. The van der Waals surface area contributed by atoms with E-state index in [9.17, 15) is 8.42 Å². The Morgan fingerprint density at radius 2 is 1.94 bits per heavy atom. The van der Waals surface area contributed by atoms with E-state index in [0.717, 1.165) is 5.56 Å². The number of hydrogen-bond donors (Lipinski definition) is 0. The van der Waals surface area contributed by atoms with Crippen LogP contribution in [0.3, 0.4) is 0 Å². The SMILES string of the molecule is CCN(CC#N)S(=O)(=O)Cc1ccccc1. The summed E-state index contributed by atoms with van der Waals surface area (Å²) in [5.41, 5.74) is 0.735. The molecule has 0 atom stereocenters. The summed E-state index contributed by atoms with van der Waals surface area (Å²) >= 11 is 0. The largest absolute Gasteiger partial charge is 0.219 e. The van der Waals surface area contributed by atoms with E-state index in [-0.39, 0.29) is 12.3 Å². The molecule has 0 aliphatic heterocycles. The molecule has 0 aliphatic rings. The van der Waals surface area contributed by atoms with Gasteiger partial charge in [-0.1, -0.05) is 37.3 Å². The monoisotopic (exact) mass is 238 g/mol. The minimum absolute atomic E-state index is 0.0522. The van der Waals surface area contributed by atoms with Crippen molar-refractivity contribution in [2.75, 3.05) is 13.1 Å². The molecule has 0 amide bonds. The number of sulfonamides is 1. The molecule has 0 saturated carbocycles. The molecule has 1 aromatic carbocycles. The third kappa shape index (κ3) is 3.33. The van der Waals surface area contributed by atoms with Gasteiger partial charge in [0.25, 0.3) is 0 Å². The fourth-order valence-electron chi connectivity index (χ4n) is 1.36. The van der Waals surface area contributed by atoms with Crippen molar-refractivity contribution in [3.8, 4) is 6.07 Å². The predicted molar refractivity (Wildman–Crippen MR) is 61.9 cm³/mol. The molecule has 0 fully saturated rings. The molecule has 0 bridgehead atoms. The lowest BCUT2D eigenvalue weighted by molar-refractivity contribution is 0.462. The van der Waals surface area contributed by atoms with Crippen LogP contribution in [0.1, 0.15) is 12.5 Å². The van der Waals surface area contributed by atoms with Crippen LogP contribution < -0.4 is 0 Å². The second-order valence-corrected chi connectivity index (χ2v) is 5.30. The zero-order valence-electron chi connectivity index (χ0n) is 9.13. The first-order valence-corrected chi connectivity index (χ1v) is 6.59. The topological polar surface area (TPSA) is 61.2 Å². The van der Waals surface area contributed by atoms with Crippen LogP contribution in [-0.4, -0.2) is 25.8 Å². The minimum Gasteiger partial charge on any atom is -0.212 e. The van der Waals surface area contributed by atoms with E-state index >= 15 is 0 Å². The van der Waals surface area contributed by atoms with Crippen molar-refractivity contribution in [3.63, 3.8) is 0 Å². The smallest absolute Gasteiger partial charge is 0.212 e. The Kier molecular flexibility index (Phi) is 4.47. The molecule has 0 radical (unpaired) electrons. The molecule has 0 saturated heterocycles. The van der Waals surface area contributed by atoms with Crippen LogP contribution in [0.25, 0.3) is 0 Å². The van der Waals surface area contributed by atoms with Crippen molar-refractivity contribution in [1.82, 2.24) is 4.31 Å². The Balaban J connectivity index is 2.83. The highest BCUT2D eigenvalue weighted by Gasteiger charge is 2.20. The van der Waals surface area contributed by atoms with Crippen LogP contribution in [0.4, 0.5) is 0 Å². The molecule has 0 heterocycles. The summed E-state index contributed by atoms with van der Waals surface area (Å²) < 4.78 is 25.0. The zero-order chi connectivity index (χ0) is 12.0. The number of hydrogen-bond acceptors (Lipinski definition) is 3. The van der Waals surface area contributed by atoms with Gasteiger partial charge in [-0.3, -0.25) is 0 Å². The lowest BCUT2D eigenvalue weighted by Gasteiger charge is -2.16. The molecule has 0 unspecified atom stereocenters. The predicted octanol–water partition coefficient (Wildman–Crippen LogP) is 1.36. The quantitative estimate of drug-likeness (QED) is 0.728. The Labute approximate surface area is 96.2 Å². The summed E-state index contributed by atoms with van der Waals surface area (Å²) in [6, 6.07) is 10.8. The highest BCUT2D eigenvalue weighted by Crippen LogP contribution is 2.09. The summed E-state index contributed by atoms with van der Waals surface area (Å²) in [7, 11) is -3.38. The van der Waals surface area contributed by atoms with Crippen molar-refractivity contribution >= 4 is 10.0 Å². The van der Waals surface area contributed by atoms with E-state index in [1.54, 1.807) is 31.2 Å². The van der Waals surface area contributed by atoms with Crippen molar-refractivity contribution in [3.05, 3.63) is 35.9 Å². The minimum atomic E-state index is -3.38. The van der Waals surface area contributed by atoms with Crippen molar-refractivity contribution in [2.45, 2.75) is 12.7 Å². The molecule has 4 nitrogen and oxygen atoms in total. The summed E-state index contributed by atoms with van der Waals surface area (Å²) in [5, 5.41) is 8.54. The first-order valence-electron chi connectivity index (χ1n) is 4.99. The first kappa shape index (κ1) is 12.7. The van der Waals surface area contributed by atoms with Gasteiger partial charge < -0.3 is 0 Å². The Morgan fingerprint density at radius 3 is 2.44 bits per heavy atom. The van der Waals surface area contributed by atoms with Gasteiger partial charge in [-0.15, -0.1) is 0 Å². The van der Waals surface area contributed by atoms with Gasteiger partial charge in [0.15, 0.2) is 0 Å². The maximum atomic E-state index is 11.9. The Hall–Kier alpha value is -1.38. The molecule has 0 spiro atoms. The fourth-order valence-corrected chi connectivity index (χ4v) is 2.81. The lowest BCUT2D eigenvalue weighted by Crippen LogP contribution is -2.32. The summed E-state index contributed by atoms with van der Waals surface area (Å²) in [6.07, 6.45) is 0. The first-order chi connectivity index (χ1) is 7.60. The second kappa shape index (κ2) is 5.64. The highest BCUT2D eigenvalue weighted by atomic mass is 32.2.